The van der Waals surface area contributed by atoms with E-state index in [-0.39, 0.29) is 24.5 Å². The topological polar surface area (TPSA) is 68.3 Å². The highest BCUT2D eigenvalue weighted by Gasteiger charge is 2.50. The Morgan fingerprint density at radius 2 is 2.21 bits per heavy atom. The van der Waals surface area contributed by atoms with E-state index in [0.717, 1.165) is 5.57 Å². The molecule has 1 fully saturated rings. The quantitative estimate of drug-likeness (QED) is 0.684. The smallest absolute Gasteiger partial charge is 0.185 e. The lowest BCUT2D eigenvalue weighted by molar-refractivity contribution is 0.0988. The van der Waals surface area contributed by atoms with Gasteiger partial charge in [-0.3, -0.25) is 14.8 Å². The summed E-state index contributed by atoms with van der Waals surface area (Å²) >= 11 is 7.23. The number of halogens is 3. The van der Waals surface area contributed by atoms with Crippen LogP contribution < -0.4 is 5.73 Å². The molecule has 3 aliphatic rings. The van der Waals surface area contributed by atoms with Crippen molar-refractivity contribution in [3.8, 4) is 0 Å². The summed E-state index contributed by atoms with van der Waals surface area (Å²) in [6, 6.07) is 3.20. The highest BCUT2D eigenvalue weighted by molar-refractivity contribution is 8.13. The maximum Gasteiger partial charge on any atom is 0.185 e. The Morgan fingerprint density at radius 3 is 2.97 bits per heavy atom. The predicted octanol–water partition coefficient (Wildman–Crippen LogP) is 4.84. The molecule has 1 aliphatic heterocycles. The molecule has 4 atom stereocenters. The minimum Gasteiger partial charge on any atom is -0.379 e. The largest absolute Gasteiger partial charge is 0.379 e. The Kier molecular flexibility index (Phi) is 5.80. The number of rotatable bonds is 4. The van der Waals surface area contributed by atoms with Gasteiger partial charge in [-0.15, -0.1) is 0 Å². The Hall–Kier alpha value is -1.73. The number of Topliss-reactive ketones (excluding diaryl/α,β-unsaturated/α-hetero) is 1. The zero-order chi connectivity index (χ0) is 20.6. The number of thioether (sulfide) groups is 1. The fourth-order valence-corrected chi connectivity index (χ4v) is 5.60. The number of nitrogens with zero attached hydrogens (tertiary/aromatic N) is 2. The molecular weight excluding hydrogens is 416 g/mol. The number of hydrogen-bond donors (Lipinski definition) is 1. The molecule has 8 heteroatoms. The van der Waals surface area contributed by atoms with Crippen molar-refractivity contribution in [2.45, 2.75) is 50.0 Å². The van der Waals surface area contributed by atoms with Crippen LogP contribution in [0.1, 0.15) is 42.6 Å². The van der Waals surface area contributed by atoms with Gasteiger partial charge in [0.1, 0.15) is 18.0 Å². The summed E-state index contributed by atoms with van der Waals surface area (Å²) in [6.07, 6.45) is 4.27. The normalized spacial score (nSPS) is 32.0. The van der Waals surface area contributed by atoms with Crippen molar-refractivity contribution in [2.24, 2.45) is 16.6 Å². The van der Waals surface area contributed by atoms with E-state index in [1.165, 1.54) is 18.0 Å². The average molecular weight is 438 g/mol. The summed E-state index contributed by atoms with van der Waals surface area (Å²) in [5.74, 6) is 0.373. The number of allylic oxidation sites excluding steroid dienone is 3. The molecule has 29 heavy (non-hydrogen) atoms. The molecule has 2 N–H and O–H groups in total. The van der Waals surface area contributed by atoms with E-state index in [0.29, 0.717) is 46.5 Å². The Morgan fingerprint density at radius 1 is 1.38 bits per heavy atom. The number of aromatic nitrogens is 1. The Balaban J connectivity index is 1.63. The van der Waals surface area contributed by atoms with Crippen molar-refractivity contribution in [1.29, 1.82) is 0 Å². The third-order valence-electron chi connectivity index (χ3n) is 5.94. The molecule has 4 rings (SSSR count). The predicted molar refractivity (Wildman–Crippen MR) is 113 cm³/mol. The fraction of sp³-hybridized carbons (Fsp3) is 0.476. The molecule has 0 spiro atoms. The first-order valence-corrected chi connectivity index (χ1v) is 11.1. The molecule has 0 radical (unpaired) electrons. The van der Waals surface area contributed by atoms with Gasteiger partial charge in [-0.05, 0) is 42.5 Å². The van der Waals surface area contributed by atoms with E-state index in [4.69, 9.17) is 17.3 Å². The van der Waals surface area contributed by atoms with E-state index >= 15 is 4.39 Å². The van der Waals surface area contributed by atoms with Gasteiger partial charge in [0.25, 0.3) is 0 Å². The lowest BCUT2D eigenvalue weighted by Gasteiger charge is -2.47. The van der Waals surface area contributed by atoms with Gasteiger partial charge in [-0.2, -0.15) is 0 Å². The summed E-state index contributed by atoms with van der Waals surface area (Å²) in [5.41, 5.74) is 6.78. The monoisotopic (exact) mass is 437 g/mol. The highest BCUT2D eigenvalue weighted by atomic mass is 35.5. The number of ketones is 1. The van der Waals surface area contributed by atoms with Crippen LogP contribution in [0.3, 0.4) is 0 Å². The molecular formula is C21H22ClF2N3OS. The van der Waals surface area contributed by atoms with E-state index in [1.54, 1.807) is 24.3 Å². The number of pyridine rings is 1. The molecule has 0 aromatic carbocycles. The second-order valence-corrected chi connectivity index (χ2v) is 9.27. The van der Waals surface area contributed by atoms with E-state index < -0.39 is 17.9 Å². The van der Waals surface area contributed by atoms with Crippen LogP contribution in [0.5, 0.6) is 0 Å². The summed E-state index contributed by atoms with van der Waals surface area (Å²) in [7, 11) is 0. The summed E-state index contributed by atoms with van der Waals surface area (Å²) in [6.45, 7) is 0. The van der Waals surface area contributed by atoms with Gasteiger partial charge in [0.15, 0.2) is 11.0 Å². The van der Waals surface area contributed by atoms with E-state index in [9.17, 15) is 9.18 Å². The van der Waals surface area contributed by atoms with Crippen molar-refractivity contribution >= 4 is 34.3 Å². The molecule has 154 valence electrons. The number of alkyl halides is 2. The second-order valence-electron chi connectivity index (χ2n) is 7.80. The minimum absolute atomic E-state index is 0.0963. The van der Waals surface area contributed by atoms with Gasteiger partial charge >= 0.3 is 0 Å². The molecule has 1 unspecified atom stereocenters. The third kappa shape index (κ3) is 4.12. The van der Waals surface area contributed by atoms with Crippen LogP contribution in [-0.2, 0) is 0 Å². The SMILES string of the molecule is NC1=N[C@@]2(C3=CC(CC(=O)c4ccc(Cl)cn4)=CCC3F)CC[C@H](F)C[C@H]2CS1. The van der Waals surface area contributed by atoms with Crippen molar-refractivity contribution < 1.29 is 13.6 Å². The molecule has 4 nitrogen and oxygen atoms in total. The molecule has 1 saturated carbocycles. The molecule has 1 aromatic rings. The molecule has 1 aromatic heterocycles. The summed E-state index contributed by atoms with van der Waals surface area (Å²) < 4.78 is 29.1. The lowest BCUT2D eigenvalue weighted by atomic mass is 9.66. The zero-order valence-corrected chi connectivity index (χ0v) is 17.4. The molecule has 0 saturated heterocycles. The first-order valence-electron chi connectivity index (χ1n) is 9.69. The first kappa shape index (κ1) is 20.5. The number of amidine groups is 1. The number of carbonyl (C=O) groups is 1. The Bertz CT molecular complexity index is 902. The van der Waals surface area contributed by atoms with Crippen LogP contribution in [0.2, 0.25) is 5.02 Å². The lowest BCUT2D eigenvalue weighted by Crippen LogP contribution is -2.50. The van der Waals surface area contributed by atoms with Crippen LogP contribution >= 0.6 is 23.4 Å². The maximum absolute atomic E-state index is 15.1. The molecule has 0 bridgehead atoms. The molecule has 2 heterocycles. The van der Waals surface area contributed by atoms with E-state index in [2.05, 4.69) is 9.98 Å². The zero-order valence-electron chi connectivity index (χ0n) is 15.8. The molecule has 2 aliphatic carbocycles. The number of carbonyl (C=O) groups excluding carboxylic acids is 1. The molecule has 0 amide bonds. The minimum atomic E-state index is -1.21. The second kappa shape index (κ2) is 8.19. The average Bonchev–Trinajstić information content (AvgIpc) is 2.70. The summed E-state index contributed by atoms with van der Waals surface area (Å²) in [5, 5.41) is 0.879. The van der Waals surface area contributed by atoms with Gasteiger partial charge in [-0.25, -0.2) is 8.78 Å². The van der Waals surface area contributed by atoms with Crippen molar-refractivity contribution in [3.63, 3.8) is 0 Å². The van der Waals surface area contributed by atoms with Crippen LogP contribution in [0.25, 0.3) is 0 Å². The van der Waals surface area contributed by atoms with Gasteiger partial charge in [-0.1, -0.05) is 35.5 Å². The van der Waals surface area contributed by atoms with Crippen LogP contribution in [0.15, 0.2) is 46.6 Å². The fourth-order valence-electron chi connectivity index (χ4n) is 4.48. The number of nitrogens with two attached hydrogens (primary N) is 1. The van der Waals surface area contributed by atoms with Crippen LogP contribution in [-0.4, -0.2) is 39.6 Å². The Labute approximate surface area is 177 Å². The number of hydrogen-bond acceptors (Lipinski definition) is 5. The van der Waals surface area contributed by atoms with Gasteiger partial charge in [0.05, 0.1) is 10.6 Å². The van der Waals surface area contributed by atoms with Gasteiger partial charge < -0.3 is 5.73 Å². The van der Waals surface area contributed by atoms with Crippen LogP contribution in [0, 0.1) is 5.92 Å². The van der Waals surface area contributed by atoms with Crippen molar-refractivity contribution in [2.75, 3.05) is 5.75 Å². The number of fused-ring (bicyclic) bond motifs is 1. The maximum atomic E-state index is 15.1. The first-order chi connectivity index (χ1) is 13.9. The van der Waals surface area contributed by atoms with E-state index in [1.807, 2.05) is 0 Å². The van der Waals surface area contributed by atoms with Gasteiger partial charge in [0.2, 0.25) is 0 Å². The van der Waals surface area contributed by atoms with Crippen molar-refractivity contribution in [3.05, 3.63) is 52.3 Å². The highest BCUT2D eigenvalue weighted by Crippen LogP contribution is 2.50. The van der Waals surface area contributed by atoms with Crippen molar-refractivity contribution in [1.82, 2.24) is 4.98 Å². The summed E-state index contributed by atoms with van der Waals surface area (Å²) in [4.78, 5) is 21.3. The standard InChI is InChI=1S/C21H22ClF2N3OS/c22-14-2-4-18(26-10-14)19(28)8-12-1-3-17(24)16(7-12)21-6-5-15(23)9-13(21)11-29-20(25)27-21/h1-2,4,7,10,13,15,17H,3,5-6,8-9,11H2,(H2,25,27)/t13-,15-,17?,21-/m0/s1. The number of aliphatic imine (C=N–C) groups is 1. The third-order valence-corrected chi connectivity index (χ3v) is 7.12. The van der Waals surface area contributed by atoms with Gasteiger partial charge in [0, 0.05) is 30.7 Å². The van der Waals surface area contributed by atoms with Crippen LogP contribution in [0.4, 0.5) is 8.78 Å².